The number of fused-ring (bicyclic) bond motifs is 1. The maximum Gasteiger partial charge on any atom is 0.203 e. The minimum Gasteiger partial charge on any atom is -0.349 e. The predicted octanol–water partition coefficient (Wildman–Crippen LogP) is 4.74. The topological polar surface area (TPSA) is 44.8 Å². The summed E-state index contributed by atoms with van der Waals surface area (Å²) in [5.74, 6) is 7.11. The number of pyridine rings is 1. The van der Waals surface area contributed by atoms with E-state index in [1.807, 2.05) is 79.8 Å². The molecule has 2 heterocycles. The zero-order chi connectivity index (χ0) is 18.8. The van der Waals surface area contributed by atoms with Crippen molar-refractivity contribution >= 4 is 28.6 Å². The Labute approximate surface area is 162 Å². The summed E-state index contributed by atoms with van der Waals surface area (Å²) in [7, 11) is 3.91. The Balaban J connectivity index is 1.56. The molecule has 4 rings (SSSR count). The molecule has 0 unspecified atom stereocenters. The molecule has 4 aromatic rings. The molecule has 0 fully saturated rings. The number of imidazole rings is 1. The molecular formula is C22H17ClN4. The molecular weight excluding hydrogens is 356 g/mol. The molecule has 0 radical (unpaired) electrons. The van der Waals surface area contributed by atoms with Crippen LogP contribution in [0, 0.1) is 11.8 Å². The number of H-pyrrole nitrogens is 1. The van der Waals surface area contributed by atoms with Crippen LogP contribution in [0.2, 0.25) is 5.02 Å². The van der Waals surface area contributed by atoms with Crippen molar-refractivity contribution in [1.82, 2.24) is 15.0 Å². The van der Waals surface area contributed by atoms with E-state index in [4.69, 9.17) is 11.6 Å². The van der Waals surface area contributed by atoms with E-state index in [0.717, 1.165) is 44.4 Å². The number of halogens is 1. The fourth-order valence-corrected chi connectivity index (χ4v) is 2.83. The Morgan fingerprint density at radius 1 is 0.926 bits per heavy atom. The van der Waals surface area contributed by atoms with Crippen LogP contribution in [-0.2, 0) is 0 Å². The van der Waals surface area contributed by atoms with E-state index in [0.29, 0.717) is 0 Å². The molecule has 132 valence electrons. The summed E-state index contributed by atoms with van der Waals surface area (Å²) in [6, 6.07) is 17.6. The zero-order valence-corrected chi connectivity index (χ0v) is 15.7. The molecule has 0 amide bonds. The molecule has 0 atom stereocenters. The fraction of sp³-hybridized carbons (Fsp3) is 0.0909. The number of hydrogen-bond acceptors (Lipinski definition) is 3. The molecule has 2 aromatic heterocycles. The maximum absolute atomic E-state index is 5.93. The van der Waals surface area contributed by atoms with E-state index < -0.39 is 0 Å². The van der Waals surface area contributed by atoms with Crippen LogP contribution in [0.5, 0.6) is 0 Å². The van der Waals surface area contributed by atoms with Crippen molar-refractivity contribution in [2.24, 2.45) is 0 Å². The third kappa shape index (κ3) is 3.79. The van der Waals surface area contributed by atoms with Gasteiger partial charge in [-0.1, -0.05) is 35.7 Å². The lowest BCUT2D eigenvalue weighted by Gasteiger charge is -2.05. The number of hydrogen-bond donors (Lipinski definition) is 1. The van der Waals surface area contributed by atoms with E-state index in [9.17, 15) is 0 Å². The lowest BCUT2D eigenvalue weighted by Crippen LogP contribution is -2.09. The second kappa shape index (κ2) is 7.14. The van der Waals surface area contributed by atoms with Crippen LogP contribution in [0.4, 0.5) is 5.95 Å². The summed E-state index contributed by atoms with van der Waals surface area (Å²) in [5, 5.41) is 0.723. The Kier molecular flexibility index (Phi) is 4.53. The average molecular weight is 373 g/mol. The van der Waals surface area contributed by atoms with Crippen molar-refractivity contribution < 1.29 is 0 Å². The van der Waals surface area contributed by atoms with Crippen molar-refractivity contribution in [3.05, 3.63) is 77.1 Å². The zero-order valence-electron chi connectivity index (χ0n) is 15.0. The molecule has 2 aromatic carbocycles. The largest absolute Gasteiger partial charge is 0.349 e. The first-order chi connectivity index (χ1) is 13.1. The third-order valence-corrected chi connectivity index (χ3v) is 4.42. The van der Waals surface area contributed by atoms with Gasteiger partial charge in [0.25, 0.3) is 0 Å². The summed E-state index contributed by atoms with van der Waals surface area (Å²) in [6.07, 6.45) is 1.83. The first-order valence-corrected chi connectivity index (χ1v) is 8.87. The number of aromatic nitrogens is 3. The summed E-state index contributed by atoms with van der Waals surface area (Å²) in [6.45, 7) is 0. The normalized spacial score (nSPS) is 10.5. The van der Waals surface area contributed by atoms with Gasteiger partial charge in [0.1, 0.15) is 5.69 Å². The Morgan fingerprint density at radius 3 is 2.41 bits per heavy atom. The average Bonchev–Trinajstić information content (AvgIpc) is 3.11. The van der Waals surface area contributed by atoms with Crippen LogP contribution in [-0.4, -0.2) is 29.0 Å². The number of nitrogens with zero attached hydrogens (tertiary/aromatic N) is 3. The highest BCUT2D eigenvalue weighted by Gasteiger charge is 2.04. The van der Waals surface area contributed by atoms with E-state index in [2.05, 4.69) is 26.8 Å². The van der Waals surface area contributed by atoms with Gasteiger partial charge < -0.3 is 9.88 Å². The molecule has 5 heteroatoms. The molecule has 0 spiro atoms. The molecule has 1 N–H and O–H groups in total. The Bertz CT molecular complexity index is 1150. The smallest absolute Gasteiger partial charge is 0.203 e. The second-order valence-corrected chi connectivity index (χ2v) is 6.81. The quantitative estimate of drug-likeness (QED) is 0.517. The Hall–Kier alpha value is -3.29. The maximum atomic E-state index is 5.93. The Morgan fingerprint density at radius 2 is 1.70 bits per heavy atom. The van der Waals surface area contributed by atoms with Gasteiger partial charge in [0.05, 0.1) is 11.0 Å². The molecule has 0 aliphatic rings. The van der Waals surface area contributed by atoms with E-state index in [1.165, 1.54) is 0 Å². The van der Waals surface area contributed by atoms with Crippen LogP contribution in [0.3, 0.4) is 0 Å². The SMILES string of the molecule is CN(C)c1nc2ccc(C#Cc3ccc(-c4ccc(Cl)cc4)cn3)cc2[nH]1. The minimum absolute atomic E-state index is 0.723. The summed E-state index contributed by atoms with van der Waals surface area (Å²) < 4.78 is 0. The first kappa shape index (κ1) is 17.1. The number of benzene rings is 2. The molecule has 0 saturated carbocycles. The first-order valence-electron chi connectivity index (χ1n) is 8.49. The predicted molar refractivity (Wildman–Crippen MR) is 111 cm³/mol. The number of anilines is 1. The van der Waals surface area contributed by atoms with Gasteiger partial charge >= 0.3 is 0 Å². The molecule has 0 aliphatic heterocycles. The lowest BCUT2D eigenvalue weighted by atomic mass is 10.1. The number of rotatable bonds is 2. The van der Waals surface area contributed by atoms with Gasteiger partial charge in [-0.25, -0.2) is 9.97 Å². The van der Waals surface area contributed by atoms with Gasteiger partial charge in [-0.15, -0.1) is 0 Å². The van der Waals surface area contributed by atoms with Gasteiger partial charge in [0, 0.05) is 36.4 Å². The van der Waals surface area contributed by atoms with Crippen LogP contribution >= 0.6 is 11.6 Å². The van der Waals surface area contributed by atoms with Crippen molar-refractivity contribution in [3.63, 3.8) is 0 Å². The molecule has 4 nitrogen and oxygen atoms in total. The van der Waals surface area contributed by atoms with E-state index >= 15 is 0 Å². The second-order valence-electron chi connectivity index (χ2n) is 6.38. The highest BCUT2D eigenvalue weighted by atomic mass is 35.5. The van der Waals surface area contributed by atoms with Gasteiger partial charge in [-0.3, -0.25) is 0 Å². The van der Waals surface area contributed by atoms with Crippen molar-refractivity contribution in [2.45, 2.75) is 0 Å². The molecule has 27 heavy (non-hydrogen) atoms. The van der Waals surface area contributed by atoms with Crippen LogP contribution in [0.25, 0.3) is 22.2 Å². The van der Waals surface area contributed by atoms with Gasteiger partial charge in [0.15, 0.2) is 0 Å². The summed E-state index contributed by atoms with van der Waals surface area (Å²) in [4.78, 5) is 14.2. The van der Waals surface area contributed by atoms with Crippen molar-refractivity contribution in [1.29, 1.82) is 0 Å². The summed E-state index contributed by atoms with van der Waals surface area (Å²) in [5.41, 5.74) is 5.65. The minimum atomic E-state index is 0.723. The molecule has 0 aliphatic carbocycles. The lowest BCUT2D eigenvalue weighted by molar-refractivity contribution is 1.05. The van der Waals surface area contributed by atoms with Gasteiger partial charge in [0.2, 0.25) is 5.95 Å². The molecule has 0 saturated heterocycles. The van der Waals surface area contributed by atoms with Crippen LogP contribution in [0.15, 0.2) is 60.8 Å². The van der Waals surface area contributed by atoms with Crippen LogP contribution < -0.4 is 4.90 Å². The highest BCUT2D eigenvalue weighted by molar-refractivity contribution is 6.30. The molecule has 0 bridgehead atoms. The standard InChI is InChI=1S/C22H17ClN4/c1-27(2)22-25-20-12-4-15(13-21(20)26-22)3-10-19-11-7-17(14-24-19)16-5-8-18(23)9-6-16/h4-9,11-14H,1-2H3,(H,25,26). The van der Waals surface area contributed by atoms with Crippen molar-refractivity contribution in [3.8, 4) is 23.0 Å². The van der Waals surface area contributed by atoms with E-state index in [-0.39, 0.29) is 0 Å². The third-order valence-electron chi connectivity index (χ3n) is 4.17. The monoisotopic (exact) mass is 372 g/mol. The van der Waals surface area contributed by atoms with Gasteiger partial charge in [-0.05, 0) is 47.9 Å². The number of aromatic amines is 1. The van der Waals surface area contributed by atoms with Crippen LogP contribution in [0.1, 0.15) is 11.3 Å². The highest BCUT2D eigenvalue weighted by Crippen LogP contribution is 2.21. The van der Waals surface area contributed by atoms with Gasteiger partial charge in [-0.2, -0.15) is 0 Å². The summed E-state index contributed by atoms with van der Waals surface area (Å²) >= 11 is 5.93. The van der Waals surface area contributed by atoms with Crippen molar-refractivity contribution in [2.75, 3.05) is 19.0 Å². The van der Waals surface area contributed by atoms with E-state index in [1.54, 1.807) is 0 Å². The number of nitrogens with one attached hydrogen (secondary N) is 1. The fourth-order valence-electron chi connectivity index (χ4n) is 2.70.